The van der Waals surface area contributed by atoms with Crippen LogP contribution in [0, 0.1) is 0 Å². The first-order valence-electron chi connectivity index (χ1n) is 6.42. The van der Waals surface area contributed by atoms with Crippen LogP contribution in [0.3, 0.4) is 0 Å². The normalized spacial score (nSPS) is 10.4. The van der Waals surface area contributed by atoms with Gasteiger partial charge in [-0.3, -0.25) is 4.79 Å². The summed E-state index contributed by atoms with van der Waals surface area (Å²) in [5.74, 6) is 0.850. The number of aromatic nitrogens is 1. The van der Waals surface area contributed by atoms with Gasteiger partial charge in [-0.25, -0.2) is 0 Å². The zero-order valence-corrected chi connectivity index (χ0v) is 12.2. The van der Waals surface area contributed by atoms with E-state index in [1.807, 2.05) is 30.5 Å². The second-order valence-corrected chi connectivity index (χ2v) is 5.25. The van der Waals surface area contributed by atoms with Gasteiger partial charge in [0.1, 0.15) is 5.75 Å². The van der Waals surface area contributed by atoms with Gasteiger partial charge in [0.05, 0.1) is 6.61 Å². The molecule has 0 bridgehead atoms. The van der Waals surface area contributed by atoms with Crippen LogP contribution in [-0.2, 0) is 6.54 Å². The molecule has 0 saturated carbocycles. The van der Waals surface area contributed by atoms with E-state index in [0.717, 1.165) is 12.2 Å². The molecule has 0 spiro atoms. The van der Waals surface area contributed by atoms with E-state index in [1.165, 1.54) is 11.0 Å². The minimum atomic E-state index is -0.0384. The number of thioether (sulfide) groups is 1. The second kappa shape index (κ2) is 7.05. The van der Waals surface area contributed by atoms with Crippen molar-refractivity contribution in [3.05, 3.63) is 52.9 Å². The summed E-state index contributed by atoms with van der Waals surface area (Å²) in [6, 6.07) is 11.1. The van der Waals surface area contributed by atoms with Crippen LogP contribution >= 0.6 is 11.8 Å². The molecule has 0 atom stereocenters. The Bertz CT molecular complexity index is 608. The number of ether oxygens (including phenoxy) is 1. The first kappa shape index (κ1) is 14.5. The number of anilines is 1. The molecule has 0 aliphatic rings. The summed E-state index contributed by atoms with van der Waals surface area (Å²) < 4.78 is 7.25. The fourth-order valence-electron chi connectivity index (χ4n) is 1.82. The summed E-state index contributed by atoms with van der Waals surface area (Å²) in [5, 5.41) is 0. The highest BCUT2D eigenvalue weighted by Gasteiger charge is 1.98. The standard InChI is InChI=1S/C15H18N2O2S/c1-20-14-6-4-13(5-7-14)19-10-2-9-17-11-12(16)3-8-15(17)18/h3-8,11H,2,9-10,16H2,1H3. The Morgan fingerprint density at radius 3 is 2.65 bits per heavy atom. The van der Waals surface area contributed by atoms with Gasteiger partial charge in [-0.1, -0.05) is 0 Å². The fraction of sp³-hybridized carbons (Fsp3) is 0.267. The van der Waals surface area contributed by atoms with E-state index >= 15 is 0 Å². The molecule has 0 aliphatic carbocycles. The zero-order chi connectivity index (χ0) is 14.4. The molecular weight excluding hydrogens is 272 g/mol. The van der Waals surface area contributed by atoms with Gasteiger partial charge in [-0.2, -0.15) is 0 Å². The molecule has 5 heteroatoms. The number of nitrogens with two attached hydrogens (primary N) is 1. The molecule has 20 heavy (non-hydrogen) atoms. The van der Waals surface area contributed by atoms with E-state index in [4.69, 9.17) is 10.5 Å². The lowest BCUT2D eigenvalue weighted by molar-refractivity contribution is 0.301. The average Bonchev–Trinajstić information content (AvgIpc) is 2.47. The summed E-state index contributed by atoms with van der Waals surface area (Å²) in [5.41, 5.74) is 6.21. The van der Waals surface area contributed by atoms with Gasteiger partial charge >= 0.3 is 0 Å². The Hall–Kier alpha value is -1.88. The van der Waals surface area contributed by atoms with Crippen LogP contribution in [0.2, 0.25) is 0 Å². The van der Waals surface area contributed by atoms with Crippen LogP contribution in [0.1, 0.15) is 6.42 Å². The molecule has 2 N–H and O–H groups in total. The van der Waals surface area contributed by atoms with Crippen molar-refractivity contribution in [3.63, 3.8) is 0 Å². The highest BCUT2D eigenvalue weighted by atomic mass is 32.2. The maximum absolute atomic E-state index is 11.6. The Labute approximate surface area is 122 Å². The van der Waals surface area contributed by atoms with Crippen molar-refractivity contribution in [2.24, 2.45) is 0 Å². The van der Waals surface area contributed by atoms with E-state index in [-0.39, 0.29) is 5.56 Å². The average molecular weight is 290 g/mol. The predicted octanol–water partition coefficient (Wildman–Crippen LogP) is 2.62. The van der Waals surface area contributed by atoms with Crippen LogP contribution in [0.4, 0.5) is 5.69 Å². The largest absolute Gasteiger partial charge is 0.494 e. The van der Waals surface area contributed by atoms with Crippen molar-refractivity contribution in [1.29, 1.82) is 0 Å². The second-order valence-electron chi connectivity index (χ2n) is 4.37. The molecular formula is C15H18N2O2S. The van der Waals surface area contributed by atoms with Gasteiger partial charge in [-0.05, 0) is 43.0 Å². The lowest BCUT2D eigenvalue weighted by Crippen LogP contribution is -2.20. The van der Waals surface area contributed by atoms with Gasteiger partial charge < -0.3 is 15.0 Å². The van der Waals surface area contributed by atoms with Gasteiger partial charge in [0.25, 0.3) is 5.56 Å². The van der Waals surface area contributed by atoms with Crippen molar-refractivity contribution < 1.29 is 4.74 Å². The molecule has 0 saturated heterocycles. The SMILES string of the molecule is CSc1ccc(OCCCn2cc(N)ccc2=O)cc1. The molecule has 0 radical (unpaired) electrons. The van der Waals surface area contributed by atoms with E-state index in [2.05, 4.69) is 0 Å². The highest BCUT2D eigenvalue weighted by Crippen LogP contribution is 2.18. The molecule has 2 aromatic rings. The molecule has 106 valence electrons. The summed E-state index contributed by atoms with van der Waals surface area (Å²) >= 11 is 1.70. The van der Waals surface area contributed by atoms with Crippen LogP contribution in [0.15, 0.2) is 52.3 Å². The Morgan fingerprint density at radius 2 is 1.95 bits per heavy atom. The van der Waals surface area contributed by atoms with Crippen molar-refractivity contribution >= 4 is 17.4 Å². The van der Waals surface area contributed by atoms with E-state index in [9.17, 15) is 4.79 Å². The van der Waals surface area contributed by atoms with E-state index in [0.29, 0.717) is 18.8 Å². The van der Waals surface area contributed by atoms with Crippen molar-refractivity contribution in [2.45, 2.75) is 17.9 Å². The number of aryl methyl sites for hydroxylation is 1. The first-order chi connectivity index (χ1) is 9.69. The molecule has 0 unspecified atom stereocenters. The Kier molecular flexibility index (Phi) is 5.12. The third kappa shape index (κ3) is 4.06. The summed E-state index contributed by atoms with van der Waals surface area (Å²) in [6.45, 7) is 1.17. The maximum Gasteiger partial charge on any atom is 0.250 e. The Morgan fingerprint density at radius 1 is 1.20 bits per heavy atom. The van der Waals surface area contributed by atoms with Gasteiger partial charge in [0.15, 0.2) is 0 Å². The molecule has 4 nitrogen and oxygen atoms in total. The predicted molar refractivity (Wildman–Crippen MR) is 83.4 cm³/mol. The van der Waals surface area contributed by atoms with Crippen molar-refractivity contribution in [1.82, 2.24) is 4.57 Å². The topological polar surface area (TPSA) is 57.2 Å². The summed E-state index contributed by atoms with van der Waals surface area (Å²) in [6.07, 6.45) is 4.46. The number of hydrogen-bond acceptors (Lipinski definition) is 4. The minimum absolute atomic E-state index is 0.0384. The molecule has 2 rings (SSSR count). The lowest BCUT2D eigenvalue weighted by Gasteiger charge is -2.08. The number of benzene rings is 1. The third-order valence-electron chi connectivity index (χ3n) is 2.88. The Balaban J connectivity index is 1.81. The number of hydrogen-bond donors (Lipinski definition) is 1. The zero-order valence-electron chi connectivity index (χ0n) is 11.4. The highest BCUT2D eigenvalue weighted by molar-refractivity contribution is 7.98. The lowest BCUT2D eigenvalue weighted by atomic mass is 10.3. The van der Waals surface area contributed by atoms with Gasteiger partial charge in [-0.15, -0.1) is 11.8 Å². The number of rotatable bonds is 6. The van der Waals surface area contributed by atoms with Gasteiger partial charge in [0, 0.05) is 29.4 Å². The maximum atomic E-state index is 11.6. The van der Waals surface area contributed by atoms with Crippen molar-refractivity contribution in [2.75, 3.05) is 18.6 Å². The third-order valence-corrected chi connectivity index (χ3v) is 3.62. The molecule has 1 aromatic carbocycles. The monoisotopic (exact) mass is 290 g/mol. The molecule has 1 heterocycles. The summed E-state index contributed by atoms with van der Waals surface area (Å²) in [7, 11) is 0. The first-order valence-corrected chi connectivity index (χ1v) is 7.64. The van der Waals surface area contributed by atoms with E-state index in [1.54, 1.807) is 28.6 Å². The molecule has 0 aliphatic heterocycles. The van der Waals surface area contributed by atoms with E-state index < -0.39 is 0 Å². The molecule has 1 aromatic heterocycles. The van der Waals surface area contributed by atoms with Crippen LogP contribution in [-0.4, -0.2) is 17.4 Å². The fourth-order valence-corrected chi connectivity index (χ4v) is 2.23. The number of pyridine rings is 1. The van der Waals surface area contributed by atoms with Gasteiger partial charge in [0.2, 0.25) is 0 Å². The smallest absolute Gasteiger partial charge is 0.250 e. The minimum Gasteiger partial charge on any atom is -0.494 e. The van der Waals surface area contributed by atoms with Crippen LogP contribution < -0.4 is 16.0 Å². The number of nitrogens with zero attached hydrogens (tertiary/aromatic N) is 1. The summed E-state index contributed by atoms with van der Waals surface area (Å²) in [4.78, 5) is 12.8. The number of nitrogen functional groups attached to an aromatic ring is 1. The molecule has 0 amide bonds. The van der Waals surface area contributed by atoms with Crippen LogP contribution in [0.25, 0.3) is 0 Å². The van der Waals surface area contributed by atoms with Crippen LogP contribution in [0.5, 0.6) is 5.75 Å². The quantitative estimate of drug-likeness (QED) is 0.656. The molecule has 0 fully saturated rings. The van der Waals surface area contributed by atoms with Crippen molar-refractivity contribution in [3.8, 4) is 5.75 Å².